The smallest absolute Gasteiger partial charge is 0.186 e. The number of hydrogen-bond donors (Lipinski definition) is 0. The normalized spacial score (nSPS) is 14.1. The molecule has 0 aromatic heterocycles. The molecule has 4 aromatic rings. The summed E-state index contributed by atoms with van der Waals surface area (Å²) in [7, 11) is 0. The van der Waals surface area contributed by atoms with Crippen molar-refractivity contribution in [1.82, 2.24) is 0 Å². The van der Waals surface area contributed by atoms with Gasteiger partial charge in [0.25, 0.3) is 0 Å². The lowest BCUT2D eigenvalue weighted by atomic mass is 9.68. The Morgan fingerprint density at radius 2 is 1.10 bits per heavy atom. The topological polar surface area (TPSA) is 71.1 Å². The van der Waals surface area contributed by atoms with E-state index in [4.69, 9.17) is 18.9 Å². The lowest BCUT2D eigenvalue weighted by Crippen LogP contribution is -2.37. The number of fused-ring (bicyclic) bond motifs is 3. The highest BCUT2D eigenvalue weighted by molar-refractivity contribution is 5.96. The highest BCUT2D eigenvalue weighted by atomic mass is 16.5. The van der Waals surface area contributed by atoms with E-state index in [1.54, 1.807) is 27.7 Å². The molecule has 1 unspecified atom stereocenters. The first-order valence-corrected chi connectivity index (χ1v) is 18.0. The minimum absolute atomic E-state index is 0.119. The maximum Gasteiger partial charge on any atom is 0.186 e. The Kier molecular flexibility index (Phi) is 11.4. The highest BCUT2D eigenvalue weighted by Crippen LogP contribution is 2.56. The minimum atomic E-state index is -0.926. The third-order valence-electron chi connectivity index (χ3n) is 9.97. The van der Waals surface area contributed by atoms with Gasteiger partial charge in [0.1, 0.15) is 28.3 Å². The van der Waals surface area contributed by atoms with Crippen LogP contribution in [0.2, 0.25) is 0 Å². The van der Waals surface area contributed by atoms with Crippen LogP contribution >= 0.6 is 0 Å². The SMILES string of the molecule is C=CC(=O)C(C)(C)OCCC(C)Oc1ccc(C2(c3ccc(OC(C)(C)CCOC(C)(C)C(=O)C=C)cc3)c3ccccc3-c3ccccc32)cc1. The number of rotatable bonds is 18. The monoisotopic (exact) mass is 700 g/mol. The van der Waals surface area contributed by atoms with Crippen molar-refractivity contribution in [3.05, 3.63) is 145 Å². The van der Waals surface area contributed by atoms with E-state index >= 15 is 0 Å². The van der Waals surface area contributed by atoms with Crippen LogP contribution in [0.25, 0.3) is 11.1 Å². The molecule has 52 heavy (non-hydrogen) atoms. The van der Waals surface area contributed by atoms with Crippen LogP contribution in [0.4, 0.5) is 0 Å². The molecule has 272 valence electrons. The molecule has 1 aliphatic carbocycles. The molecule has 0 bridgehead atoms. The van der Waals surface area contributed by atoms with E-state index < -0.39 is 22.2 Å². The summed E-state index contributed by atoms with van der Waals surface area (Å²) in [4.78, 5) is 24.2. The fourth-order valence-electron chi connectivity index (χ4n) is 6.91. The van der Waals surface area contributed by atoms with Gasteiger partial charge in [0.2, 0.25) is 0 Å². The number of ether oxygens (including phenoxy) is 4. The number of benzene rings is 4. The molecule has 0 saturated heterocycles. The van der Waals surface area contributed by atoms with Crippen LogP contribution in [0.15, 0.2) is 122 Å². The molecular formula is C46H52O6. The average molecular weight is 701 g/mol. The number of ketones is 2. The van der Waals surface area contributed by atoms with Gasteiger partial charge in [-0.05, 0) is 118 Å². The van der Waals surface area contributed by atoms with Gasteiger partial charge in [-0.2, -0.15) is 0 Å². The van der Waals surface area contributed by atoms with Gasteiger partial charge >= 0.3 is 0 Å². The highest BCUT2D eigenvalue weighted by Gasteiger charge is 2.46. The molecule has 6 heteroatoms. The Labute approximate surface area is 309 Å². The summed E-state index contributed by atoms with van der Waals surface area (Å²) < 4.78 is 24.6. The zero-order valence-corrected chi connectivity index (χ0v) is 31.7. The maximum absolute atomic E-state index is 12.2. The van der Waals surface area contributed by atoms with E-state index in [1.165, 1.54) is 34.4 Å². The summed E-state index contributed by atoms with van der Waals surface area (Å²) in [5, 5.41) is 0. The first kappa shape index (κ1) is 38.5. The molecule has 0 spiro atoms. The zero-order valence-electron chi connectivity index (χ0n) is 31.7. The Balaban J connectivity index is 1.40. The minimum Gasteiger partial charge on any atom is -0.491 e. The van der Waals surface area contributed by atoms with Crippen molar-refractivity contribution in [2.24, 2.45) is 0 Å². The molecule has 0 aliphatic heterocycles. The molecule has 0 radical (unpaired) electrons. The van der Waals surface area contributed by atoms with Crippen molar-refractivity contribution in [3.8, 4) is 22.6 Å². The molecule has 0 fully saturated rings. The lowest BCUT2D eigenvalue weighted by Gasteiger charge is -2.34. The summed E-state index contributed by atoms with van der Waals surface area (Å²) in [5.74, 6) is 1.23. The van der Waals surface area contributed by atoms with Crippen molar-refractivity contribution in [2.45, 2.75) is 89.6 Å². The molecule has 4 aromatic carbocycles. The number of carbonyl (C=O) groups is 2. The van der Waals surface area contributed by atoms with Gasteiger partial charge in [0, 0.05) is 12.8 Å². The van der Waals surface area contributed by atoms with Crippen molar-refractivity contribution in [3.63, 3.8) is 0 Å². The summed E-state index contributed by atoms with van der Waals surface area (Å²) in [6.07, 6.45) is 3.71. The molecule has 1 aliphatic rings. The second-order valence-corrected chi connectivity index (χ2v) is 15.1. The molecule has 5 rings (SSSR count). The van der Waals surface area contributed by atoms with Gasteiger partial charge < -0.3 is 18.9 Å². The maximum atomic E-state index is 12.2. The van der Waals surface area contributed by atoms with Gasteiger partial charge in [-0.15, -0.1) is 0 Å². The summed E-state index contributed by atoms with van der Waals surface area (Å²) in [5.41, 5.74) is 4.17. The van der Waals surface area contributed by atoms with E-state index in [9.17, 15) is 9.59 Å². The van der Waals surface area contributed by atoms with E-state index in [0.717, 1.165) is 22.6 Å². The Morgan fingerprint density at radius 1 is 0.654 bits per heavy atom. The zero-order chi connectivity index (χ0) is 37.7. The van der Waals surface area contributed by atoms with Crippen molar-refractivity contribution in [1.29, 1.82) is 0 Å². The molecule has 0 N–H and O–H groups in total. The second-order valence-electron chi connectivity index (χ2n) is 15.1. The Bertz CT molecular complexity index is 1850. The van der Waals surface area contributed by atoms with Gasteiger partial charge in [-0.3, -0.25) is 9.59 Å². The molecule has 0 heterocycles. The summed E-state index contributed by atoms with van der Waals surface area (Å²) in [6.45, 7) is 21.0. The summed E-state index contributed by atoms with van der Waals surface area (Å²) in [6, 6.07) is 34.1. The molecule has 1 atom stereocenters. The fraction of sp³-hybridized carbons (Fsp3) is 0.348. The van der Waals surface area contributed by atoms with Crippen molar-refractivity contribution in [2.75, 3.05) is 13.2 Å². The average Bonchev–Trinajstić information content (AvgIpc) is 3.42. The third-order valence-corrected chi connectivity index (χ3v) is 9.97. The van der Waals surface area contributed by atoms with E-state index in [1.807, 2.05) is 45.0 Å². The van der Waals surface area contributed by atoms with Gasteiger partial charge in [0.05, 0.1) is 24.7 Å². The molecule has 6 nitrogen and oxygen atoms in total. The lowest BCUT2D eigenvalue weighted by molar-refractivity contribution is -0.136. The third kappa shape index (κ3) is 7.99. The molecule has 0 amide bonds. The Hall–Kier alpha value is -4.78. The van der Waals surface area contributed by atoms with Crippen LogP contribution in [0.5, 0.6) is 11.5 Å². The standard InChI is InChI=1S/C46H52O6/c1-10-41(47)44(6,7)49-30-28-32(3)51-35-24-20-33(21-25-35)46(39-18-14-12-16-37(39)38-17-13-15-19-40(38)46)34-22-26-36(27-23-34)52-43(4,5)29-31-50-45(8,9)42(48)11-2/h10-27,32H,1-2,28-31H2,3-9H3. The predicted molar refractivity (Wildman–Crippen MR) is 208 cm³/mol. The quantitative estimate of drug-likeness (QED) is 0.0848. The second kappa shape index (κ2) is 15.4. The van der Waals surface area contributed by atoms with Crippen LogP contribution < -0.4 is 9.47 Å². The van der Waals surface area contributed by atoms with Gasteiger partial charge in [-0.1, -0.05) is 86.0 Å². The molecule has 0 saturated carbocycles. The van der Waals surface area contributed by atoms with Crippen molar-refractivity contribution < 1.29 is 28.5 Å². The van der Waals surface area contributed by atoms with E-state index in [2.05, 4.69) is 86.0 Å². The first-order valence-electron chi connectivity index (χ1n) is 18.0. The van der Waals surface area contributed by atoms with Gasteiger partial charge in [-0.25, -0.2) is 0 Å². The van der Waals surface area contributed by atoms with Crippen LogP contribution in [0.3, 0.4) is 0 Å². The van der Waals surface area contributed by atoms with E-state index in [0.29, 0.717) is 26.1 Å². The fourth-order valence-corrected chi connectivity index (χ4v) is 6.91. The first-order chi connectivity index (χ1) is 24.6. The predicted octanol–water partition coefficient (Wildman–Crippen LogP) is 9.86. The molecular weight excluding hydrogens is 648 g/mol. The number of hydrogen-bond acceptors (Lipinski definition) is 6. The van der Waals surface area contributed by atoms with Crippen molar-refractivity contribution >= 4 is 11.6 Å². The van der Waals surface area contributed by atoms with Gasteiger partial charge in [0.15, 0.2) is 11.6 Å². The van der Waals surface area contributed by atoms with Crippen LogP contribution in [0.1, 0.15) is 83.6 Å². The van der Waals surface area contributed by atoms with Crippen LogP contribution in [-0.4, -0.2) is 47.7 Å². The van der Waals surface area contributed by atoms with Crippen LogP contribution in [-0.2, 0) is 24.5 Å². The number of carbonyl (C=O) groups excluding carboxylic acids is 2. The Morgan fingerprint density at radius 3 is 1.58 bits per heavy atom. The van der Waals surface area contributed by atoms with E-state index in [-0.39, 0.29) is 17.7 Å². The van der Waals surface area contributed by atoms with Crippen LogP contribution in [0, 0.1) is 0 Å². The summed E-state index contributed by atoms with van der Waals surface area (Å²) >= 11 is 0. The largest absolute Gasteiger partial charge is 0.491 e.